The van der Waals surface area contributed by atoms with E-state index < -0.39 is 0 Å². The lowest BCUT2D eigenvalue weighted by atomic mass is 10.0. The first-order valence-electron chi connectivity index (χ1n) is 7.07. The van der Waals surface area contributed by atoms with E-state index >= 15 is 0 Å². The van der Waals surface area contributed by atoms with Gasteiger partial charge >= 0.3 is 0 Å². The van der Waals surface area contributed by atoms with Gasteiger partial charge in [0.05, 0.1) is 0 Å². The molecule has 0 fully saturated rings. The number of aryl methyl sites for hydroxylation is 2. The lowest BCUT2D eigenvalue weighted by molar-refractivity contribution is 0.0981. The quantitative estimate of drug-likeness (QED) is 0.795. The lowest BCUT2D eigenvalue weighted by Crippen LogP contribution is -2.02. The van der Waals surface area contributed by atoms with E-state index in [9.17, 15) is 9.59 Å². The van der Waals surface area contributed by atoms with Crippen molar-refractivity contribution in [3.8, 4) is 5.69 Å². The van der Waals surface area contributed by atoms with Crippen molar-refractivity contribution in [1.29, 1.82) is 0 Å². The van der Waals surface area contributed by atoms with Crippen LogP contribution in [0.1, 0.15) is 57.1 Å². The molecule has 2 aromatic rings. The minimum Gasteiger partial charge on any atom is -0.317 e. The summed E-state index contributed by atoms with van der Waals surface area (Å²) >= 11 is 0. The zero-order valence-corrected chi connectivity index (χ0v) is 13.5. The average molecular weight is 283 g/mol. The van der Waals surface area contributed by atoms with Crippen molar-refractivity contribution in [2.45, 2.75) is 41.5 Å². The van der Waals surface area contributed by atoms with Crippen LogP contribution >= 0.6 is 0 Å². The molecule has 3 heteroatoms. The van der Waals surface area contributed by atoms with Crippen LogP contribution in [0, 0.1) is 27.7 Å². The third-order valence-electron chi connectivity index (χ3n) is 4.10. The second kappa shape index (κ2) is 5.32. The van der Waals surface area contributed by atoms with Gasteiger partial charge in [0.25, 0.3) is 0 Å². The van der Waals surface area contributed by atoms with Crippen molar-refractivity contribution in [3.05, 3.63) is 51.8 Å². The molecule has 0 aliphatic carbocycles. The summed E-state index contributed by atoms with van der Waals surface area (Å²) in [6, 6.07) is 6.17. The molecular weight excluding hydrogens is 262 g/mol. The summed E-state index contributed by atoms with van der Waals surface area (Å²) in [7, 11) is 0. The fourth-order valence-corrected chi connectivity index (χ4v) is 2.95. The summed E-state index contributed by atoms with van der Waals surface area (Å²) in [5.41, 5.74) is 6.13. The van der Waals surface area contributed by atoms with Crippen LogP contribution in [0.2, 0.25) is 0 Å². The number of aromatic nitrogens is 1. The number of ketones is 2. The second-order valence-electron chi connectivity index (χ2n) is 5.64. The molecular formula is C18H21NO2. The van der Waals surface area contributed by atoms with Crippen LogP contribution in [-0.2, 0) is 0 Å². The van der Waals surface area contributed by atoms with Gasteiger partial charge < -0.3 is 4.57 Å². The van der Waals surface area contributed by atoms with E-state index in [0.717, 1.165) is 17.1 Å². The van der Waals surface area contributed by atoms with E-state index in [2.05, 4.69) is 26.0 Å². The molecule has 0 unspecified atom stereocenters. The van der Waals surface area contributed by atoms with Gasteiger partial charge in [0, 0.05) is 28.2 Å². The predicted octanol–water partition coefficient (Wildman–Crippen LogP) is 4.12. The molecule has 0 saturated heterocycles. The Labute approximate surface area is 125 Å². The number of Topliss-reactive ketones (excluding diaryl/α,β-unsaturated/α-hetero) is 2. The molecule has 1 aromatic carbocycles. The molecule has 0 spiro atoms. The highest BCUT2D eigenvalue weighted by molar-refractivity contribution is 6.09. The first kappa shape index (κ1) is 15.2. The SMILES string of the molecule is CC(=O)c1c(C(C)=O)c(C)n(-c2ccc(C)c(C)c2)c1C. The van der Waals surface area contributed by atoms with Crippen LogP contribution in [0.3, 0.4) is 0 Å². The molecule has 1 aromatic heterocycles. The molecule has 0 N–H and O–H groups in total. The summed E-state index contributed by atoms with van der Waals surface area (Å²) in [6.45, 7) is 10.9. The first-order chi connectivity index (χ1) is 9.75. The Morgan fingerprint density at radius 1 is 0.810 bits per heavy atom. The molecule has 0 amide bonds. The maximum absolute atomic E-state index is 11.9. The Morgan fingerprint density at radius 2 is 1.29 bits per heavy atom. The van der Waals surface area contributed by atoms with Gasteiger partial charge in [0.2, 0.25) is 0 Å². The van der Waals surface area contributed by atoms with Crippen LogP contribution < -0.4 is 0 Å². The molecule has 0 atom stereocenters. The fraction of sp³-hybridized carbons (Fsp3) is 0.333. The van der Waals surface area contributed by atoms with Crippen molar-refractivity contribution in [3.63, 3.8) is 0 Å². The van der Waals surface area contributed by atoms with Gasteiger partial charge in [0.15, 0.2) is 11.6 Å². The maximum atomic E-state index is 11.9. The van der Waals surface area contributed by atoms with Crippen LogP contribution in [0.5, 0.6) is 0 Å². The Morgan fingerprint density at radius 3 is 1.67 bits per heavy atom. The molecule has 0 bridgehead atoms. The molecule has 0 aliphatic heterocycles. The fourth-order valence-electron chi connectivity index (χ4n) is 2.95. The van der Waals surface area contributed by atoms with Gasteiger partial charge in [-0.15, -0.1) is 0 Å². The third kappa shape index (κ3) is 2.44. The van der Waals surface area contributed by atoms with Gasteiger partial charge in [0.1, 0.15) is 0 Å². The highest BCUT2D eigenvalue weighted by Crippen LogP contribution is 2.28. The Balaban J connectivity index is 2.81. The van der Waals surface area contributed by atoms with E-state index in [0.29, 0.717) is 11.1 Å². The van der Waals surface area contributed by atoms with Crippen LogP contribution in [0.4, 0.5) is 0 Å². The van der Waals surface area contributed by atoms with Crippen LogP contribution in [0.15, 0.2) is 18.2 Å². The van der Waals surface area contributed by atoms with Crippen molar-refractivity contribution in [1.82, 2.24) is 4.57 Å². The smallest absolute Gasteiger partial charge is 0.162 e. The molecule has 3 nitrogen and oxygen atoms in total. The van der Waals surface area contributed by atoms with Crippen molar-refractivity contribution >= 4 is 11.6 Å². The number of rotatable bonds is 3. The summed E-state index contributed by atoms with van der Waals surface area (Å²) in [4.78, 5) is 23.9. The van der Waals surface area contributed by atoms with Crippen LogP contribution in [0.25, 0.3) is 5.69 Å². The summed E-state index contributed by atoms with van der Waals surface area (Å²) in [5, 5.41) is 0. The monoisotopic (exact) mass is 283 g/mol. The van der Waals surface area contributed by atoms with Crippen molar-refractivity contribution < 1.29 is 9.59 Å². The van der Waals surface area contributed by atoms with Crippen molar-refractivity contribution in [2.75, 3.05) is 0 Å². The highest BCUT2D eigenvalue weighted by atomic mass is 16.1. The molecule has 21 heavy (non-hydrogen) atoms. The standard InChI is InChI=1S/C18H21NO2/c1-10-7-8-16(9-11(10)2)19-12(3)17(14(5)20)18(13(19)4)15(6)21/h7-9H,1-6H3. The third-order valence-corrected chi connectivity index (χ3v) is 4.10. The van der Waals surface area contributed by atoms with E-state index in [4.69, 9.17) is 0 Å². The minimum absolute atomic E-state index is 0.0663. The summed E-state index contributed by atoms with van der Waals surface area (Å²) in [6.07, 6.45) is 0. The average Bonchev–Trinajstić information content (AvgIpc) is 2.65. The largest absolute Gasteiger partial charge is 0.317 e. The zero-order chi connectivity index (χ0) is 15.9. The van der Waals surface area contributed by atoms with E-state index in [-0.39, 0.29) is 11.6 Å². The Hall–Kier alpha value is -2.16. The molecule has 0 radical (unpaired) electrons. The second-order valence-corrected chi connectivity index (χ2v) is 5.64. The number of hydrogen-bond acceptors (Lipinski definition) is 2. The van der Waals surface area contributed by atoms with Gasteiger partial charge in [-0.3, -0.25) is 9.59 Å². The van der Waals surface area contributed by atoms with Crippen molar-refractivity contribution in [2.24, 2.45) is 0 Å². The van der Waals surface area contributed by atoms with Gasteiger partial charge in [-0.25, -0.2) is 0 Å². The normalized spacial score (nSPS) is 10.8. The number of carbonyl (C=O) groups excluding carboxylic acids is 2. The number of carbonyl (C=O) groups is 2. The Bertz CT molecular complexity index is 714. The Kier molecular flexibility index (Phi) is 3.86. The van der Waals surface area contributed by atoms with Gasteiger partial charge in [-0.2, -0.15) is 0 Å². The molecule has 2 rings (SSSR count). The number of hydrogen-bond donors (Lipinski definition) is 0. The molecule has 1 heterocycles. The summed E-state index contributed by atoms with van der Waals surface area (Å²) < 4.78 is 2.00. The number of benzene rings is 1. The molecule has 0 aliphatic rings. The zero-order valence-electron chi connectivity index (χ0n) is 13.5. The molecule has 0 saturated carbocycles. The molecule has 110 valence electrons. The topological polar surface area (TPSA) is 39.1 Å². The predicted molar refractivity (Wildman–Crippen MR) is 84.7 cm³/mol. The van der Waals surface area contributed by atoms with Gasteiger partial charge in [-0.05, 0) is 64.8 Å². The van der Waals surface area contributed by atoms with Crippen LogP contribution in [-0.4, -0.2) is 16.1 Å². The first-order valence-corrected chi connectivity index (χ1v) is 7.07. The number of nitrogens with zero attached hydrogens (tertiary/aromatic N) is 1. The maximum Gasteiger partial charge on any atom is 0.162 e. The van der Waals surface area contributed by atoms with Gasteiger partial charge in [-0.1, -0.05) is 6.07 Å². The summed E-state index contributed by atoms with van der Waals surface area (Å²) in [5.74, 6) is -0.133. The van der Waals surface area contributed by atoms with E-state index in [1.165, 1.54) is 25.0 Å². The minimum atomic E-state index is -0.0663. The highest BCUT2D eigenvalue weighted by Gasteiger charge is 2.24. The lowest BCUT2D eigenvalue weighted by Gasteiger charge is -2.12. The van der Waals surface area contributed by atoms with E-state index in [1.807, 2.05) is 24.5 Å². The van der Waals surface area contributed by atoms with E-state index in [1.54, 1.807) is 0 Å².